The van der Waals surface area contributed by atoms with E-state index in [2.05, 4.69) is 16.0 Å². The van der Waals surface area contributed by atoms with Gasteiger partial charge in [-0.2, -0.15) is 0 Å². The van der Waals surface area contributed by atoms with Gasteiger partial charge in [-0.25, -0.2) is 9.59 Å². The van der Waals surface area contributed by atoms with Crippen molar-refractivity contribution in [3.05, 3.63) is 41.1 Å². The van der Waals surface area contributed by atoms with Crippen LogP contribution in [0.4, 0.5) is 10.5 Å². The van der Waals surface area contributed by atoms with Gasteiger partial charge in [-0.1, -0.05) is 31.4 Å². The molecule has 2 aliphatic rings. The minimum atomic E-state index is -0.489. The Morgan fingerprint density at radius 1 is 1.22 bits per heavy atom. The number of thiocarbonyl (C=S) groups is 1. The number of nitrogens with one attached hydrogen (secondary N) is 3. The third kappa shape index (κ3) is 5.98. The third-order valence-corrected chi connectivity index (χ3v) is 6.30. The Morgan fingerprint density at radius 2 is 1.97 bits per heavy atom. The Labute approximate surface area is 194 Å². The number of amides is 2. The molecular formula is C23H32N4O4S. The highest BCUT2D eigenvalue weighted by atomic mass is 32.1. The van der Waals surface area contributed by atoms with Crippen LogP contribution < -0.4 is 16.0 Å². The van der Waals surface area contributed by atoms with Crippen LogP contribution in [0.25, 0.3) is 0 Å². The molecule has 174 valence electrons. The van der Waals surface area contributed by atoms with Crippen LogP contribution >= 0.6 is 12.2 Å². The summed E-state index contributed by atoms with van der Waals surface area (Å²) < 4.78 is 10.4. The topological polar surface area (TPSA) is 91.9 Å². The number of esters is 1. The highest BCUT2D eigenvalue weighted by molar-refractivity contribution is 7.80. The molecule has 1 unspecified atom stereocenters. The second-order valence-electron chi connectivity index (χ2n) is 8.13. The average molecular weight is 461 g/mol. The lowest BCUT2D eigenvalue weighted by molar-refractivity contribution is -0.140. The van der Waals surface area contributed by atoms with Gasteiger partial charge >= 0.3 is 12.0 Å². The van der Waals surface area contributed by atoms with Crippen molar-refractivity contribution >= 4 is 35.0 Å². The van der Waals surface area contributed by atoms with E-state index in [9.17, 15) is 9.59 Å². The first-order valence-electron chi connectivity index (χ1n) is 11.0. The van der Waals surface area contributed by atoms with Crippen LogP contribution in [0.1, 0.15) is 50.6 Å². The fraction of sp³-hybridized carbons (Fsp3) is 0.522. The monoisotopic (exact) mass is 460 g/mol. The zero-order chi connectivity index (χ0) is 23.1. The molecule has 1 saturated carbocycles. The van der Waals surface area contributed by atoms with E-state index in [-0.39, 0.29) is 18.7 Å². The Bertz CT molecular complexity index is 883. The van der Waals surface area contributed by atoms with Crippen LogP contribution in [-0.4, -0.2) is 55.4 Å². The molecule has 0 aromatic heterocycles. The number of anilines is 1. The summed E-state index contributed by atoms with van der Waals surface area (Å²) >= 11 is 5.45. The maximum Gasteiger partial charge on any atom is 0.338 e. The minimum absolute atomic E-state index is 0.163. The number of allylic oxidation sites excluding steroid dienone is 1. The Morgan fingerprint density at radius 3 is 2.69 bits per heavy atom. The fourth-order valence-electron chi connectivity index (χ4n) is 4.04. The van der Waals surface area contributed by atoms with Crippen molar-refractivity contribution in [1.29, 1.82) is 0 Å². The molecule has 3 N–H and O–H groups in total. The first-order valence-corrected chi connectivity index (χ1v) is 11.4. The molecule has 8 nitrogen and oxygen atoms in total. The van der Waals surface area contributed by atoms with E-state index in [0.717, 1.165) is 36.9 Å². The number of benzene rings is 1. The van der Waals surface area contributed by atoms with E-state index in [0.29, 0.717) is 23.0 Å². The summed E-state index contributed by atoms with van der Waals surface area (Å²) in [4.78, 5) is 27.1. The molecule has 2 amide bonds. The standard InChI is InChI=1S/C23H32N4O4S/c1-15-19(21(28)31-13-12-30-3)20(26-23(32)27(15)2)16-8-7-11-18(14-16)25-22(29)24-17-9-5-4-6-10-17/h7-8,11,14,17,20H,4-6,9-10,12-13H2,1-3H3,(H,26,32)(H2,24,25,29). The second-order valence-corrected chi connectivity index (χ2v) is 8.51. The van der Waals surface area contributed by atoms with Gasteiger partial charge in [0.05, 0.1) is 18.2 Å². The summed E-state index contributed by atoms with van der Waals surface area (Å²) in [7, 11) is 3.36. The zero-order valence-electron chi connectivity index (χ0n) is 18.9. The van der Waals surface area contributed by atoms with E-state index in [1.807, 2.05) is 31.2 Å². The number of hydrogen-bond acceptors (Lipinski definition) is 5. The maximum atomic E-state index is 12.9. The largest absolute Gasteiger partial charge is 0.460 e. The lowest BCUT2D eigenvalue weighted by Gasteiger charge is -2.35. The van der Waals surface area contributed by atoms with Crippen molar-refractivity contribution in [1.82, 2.24) is 15.5 Å². The van der Waals surface area contributed by atoms with E-state index in [1.54, 1.807) is 19.1 Å². The zero-order valence-corrected chi connectivity index (χ0v) is 19.7. The smallest absolute Gasteiger partial charge is 0.338 e. The van der Waals surface area contributed by atoms with E-state index in [4.69, 9.17) is 21.7 Å². The molecule has 0 spiro atoms. The number of methoxy groups -OCH3 is 1. The summed E-state index contributed by atoms with van der Waals surface area (Å²) in [6.45, 7) is 2.32. The van der Waals surface area contributed by atoms with Gasteiger partial charge in [-0.05, 0) is 49.7 Å². The number of rotatable bonds is 7. The predicted octanol–water partition coefficient (Wildman–Crippen LogP) is 3.47. The normalized spacial score (nSPS) is 19.4. The van der Waals surface area contributed by atoms with Gasteiger partial charge in [0.2, 0.25) is 0 Å². The number of hydrogen-bond donors (Lipinski definition) is 3. The molecule has 1 aliphatic heterocycles. The summed E-state index contributed by atoms with van der Waals surface area (Å²) in [5.74, 6) is -0.431. The lowest BCUT2D eigenvalue weighted by Crippen LogP contribution is -2.46. The van der Waals surface area contributed by atoms with Gasteiger partial charge in [0.15, 0.2) is 5.11 Å². The molecule has 9 heteroatoms. The molecule has 0 bridgehead atoms. The SMILES string of the molecule is COCCOC(=O)C1=C(C)N(C)C(=S)NC1c1cccc(NC(=O)NC2CCCCC2)c1. The first kappa shape index (κ1) is 24.0. The van der Waals surface area contributed by atoms with Gasteiger partial charge in [-0.3, -0.25) is 0 Å². The van der Waals surface area contributed by atoms with Crippen LogP contribution in [0.15, 0.2) is 35.5 Å². The highest BCUT2D eigenvalue weighted by Crippen LogP contribution is 2.32. The minimum Gasteiger partial charge on any atom is -0.460 e. The van der Waals surface area contributed by atoms with Crippen molar-refractivity contribution in [2.24, 2.45) is 0 Å². The molecule has 1 heterocycles. The molecule has 3 rings (SSSR count). The van der Waals surface area contributed by atoms with Gasteiger partial charge in [0.1, 0.15) is 6.61 Å². The van der Waals surface area contributed by atoms with Crippen molar-refractivity contribution < 1.29 is 19.1 Å². The summed E-state index contributed by atoms with van der Waals surface area (Å²) in [5, 5.41) is 9.70. The van der Waals surface area contributed by atoms with Crippen LogP contribution in [0.2, 0.25) is 0 Å². The lowest BCUT2D eigenvalue weighted by atomic mass is 9.94. The number of urea groups is 1. The molecule has 1 fully saturated rings. The Hall–Kier alpha value is -2.65. The highest BCUT2D eigenvalue weighted by Gasteiger charge is 2.33. The third-order valence-electron chi connectivity index (χ3n) is 5.91. The summed E-state index contributed by atoms with van der Waals surface area (Å²) in [5.41, 5.74) is 2.64. The van der Waals surface area contributed by atoms with Crippen molar-refractivity contribution in [2.45, 2.75) is 51.1 Å². The fourth-order valence-corrected chi connectivity index (χ4v) is 4.30. The van der Waals surface area contributed by atoms with Crippen molar-refractivity contribution in [2.75, 3.05) is 32.7 Å². The van der Waals surface area contributed by atoms with E-state index < -0.39 is 12.0 Å². The van der Waals surface area contributed by atoms with Gasteiger partial charge < -0.3 is 30.3 Å². The molecule has 1 aliphatic carbocycles. The average Bonchev–Trinajstić information content (AvgIpc) is 2.78. The molecule has 1 atom stereocenters. The molecular weight excluding hydrogens is 428 g/mol. The molecule has 32 heavy (non-hydrogen) atoms. The number of ether oxygens (including phenoxy) is 2. The summed E-state index contributed by atoms with van der Waals surface area (Å²) in [6.07, 6.45) is 5.57. The molecule has 1 aromatic rings. The Balaban J connectivity index is 1.77. The predicted molar refractivity (Wildman–Crippen MR) is 127 cm³/mol. The molecule has 0 radical (unpaired) electrons. The number of nitrogens with zero attached hydrogens (tertiary/aromatic N) is 1. The van der Waals surface area contributed by atoms with Gasteiger partial charge in [-0.15, -0.1) is 0 Å². The van der Waals surface area contributed by atoms with Crippen molar-refractivity contribution in [3.8, 4) is 0 Å². The van der Waals surface area contributed by atoms with E-state index >= 15 is 0 Å². The number of carbonyl (C=O) groups excluding carboxylic acids is 2. The van der Waals surface area contributed by atoms with Gasteiger partial charge in [0, 0.05) is 31.6 Å². The van der Waals surface area contributed by atoms with Crippen molar-refractivity contribution in [3.63, 3.8) is 0 Å². The van der Waals surface area contributed by atoms with Crippen LogP contribution in [0, 0.1) is 0 Å². The maximum absolute atomic E-state index is 12.9. The molecule has 1 aromatic carbocycles. The van der Waals surface area contributed by atoms with Crippen LogP contribution in [-0.2, 0) is 14.3 Å². The quantitative estimate of drug-likeness (QED) is 0.326. The van der Waals surface area contributed by atoms with E-state index in [1.165, 1.54) is 6.42 Å². The second kappa shape index (κ2) is 11.3. The Kier molecular flexibility index (Phi) is 8.46. The first-order chi connectivity index (χ1) is 15.4. The number of carbonyl (C=O) groups is 2. The molecule has 0 saturated heterocycles. The van der Waals surface area contributed by atoms with Crippen LogP contribution in [0.3, 0.4) is 0 Å². The summed E-state index contributed by atoms with van der Waals surface area (Å²) in [6, 6.07) is 6.93. The van der Waals surface area contributed by atoms with Crippen LogP contribution in [0.5, 0.6) is 0 Å². The van der Waals surface area contributed by atoms with Gasteiger partial charge in [0.25, 0.3) is 0 Å².